The van der Waals surface area contributed by atoms with Crippen molar-refractivity contribution in [2.24, 2.45) is 5.11 Å². The van der Waals surface area contributed by atoms with E-state index in [1.165, 1.54) is 13.1 Å². The zero-order valence-electron chi connectivity index (χ0n) is 10.0. The third-order valence-corrected chi connectivity index (χ3v) is 2.30. The van der Waals surface area contributed by atoms with Gasteiger partial charge in [0.25, 0.3) is 0 Å². The predicted molar refractivity (Wildman–Crippen MR) is 65.5 cm³/mol. The average Bonchev–Trinajstić information content (AvgIpc) is 2.30. The molecule has 1 atom stereocenters. The van der Waals surface area contributed by atoms with Crippen LogP contribution >= 0.6 is 0 Å². The maximum absolute atomic E-state index is 11.3. The summed E-state index contributed by atoms with van der Waals surface area (Å²) < 4.78 is 0. The Morgan fingerprint density at radius 2 is 2.12 bits per heavy atom. The van der Waals surface area contributed by atoms with Gasteiger partial charge in [-0.05, 0) is 37.0 Å². The van der Waals surface area contributed by atoms with E-state index < -0.39 is 6.04 Å². The second-order valence-corrected chi connectivity index (χ2v) is 3.78. The first kappa shape index (κ1) is 13.1. The van der Waals surface area contributed by atoms with Crippen LogP contribution in [-0.2, 0) is 11.2 Å². The largest absolute Gasteiger partial charge is 0.595 e. The predicted octanol–water partition coefficient (Wildman–Crippen LogP) is 2.68. The molecule has 4 nitrogen and oxygen atoms in total. The minimum Gasteiger partial charge on any atom is -0.595 e. The summed E-state index contributed by atoms with van der Waals surface area (Å²) in [6, 6.07) is 9.20. The number of benzene rings is 1. The summed E-state index contributed by atoms with van der Waals surface area (Å²) in [4.78, 5) is 11.3. The molecule has 0 aliphatic carbocycles. The zero-order chi connectivity index (χ0) is 12.7. The molecule has 0 aliphatic rings. The highest BCUT2D eigenvalue weighted by Gasteiger charge is 2.08. The molecule has 0 bridgehead atoms. The smallest absolute Gasteiger partial charge is 0.205 e. The SMILES string of the molecule is CC(=O)C(C)N=[N+]([O-])/C=C/Cc1ccccc1. The second kappa shape index (κ2) is 6.58. The van der Waals surface area contributed by atoms with Gasteiger partial charge in [-0.25, -0.2) is 0 Å². The molecule has 17 heavy (non-hydrogen) atoms. The van der Waals surface area contributed by atoms with Crippen LogP contribution in [0.1, 0.15) is 19.4 Å². The fraction of sp³-hybridized carbons (Fsp3) is 0.308. The fourth-order valence-corrected chi connectivity index (χ4v) is 1.18. The third kappa shape index (κ3) is 5.06. The number of nitrogens with zero attached hydrogens (tertiary/aromatic N) is 2. The molecule has 0 heterocycles. The molecule has 0 amide bonds. The number of ketones is 1. The van der Waals surface area contributed by atoms with Crippen LogP contribution in [0.4, 0.5) is 0 Å². The molecule has 0 aliphatic heterocycles. The van der Waals surface area contributed by atoms with E-state index in [4.69, 9.17) is 0 Å². The molecule has 1 aromatic carbocycles. The van der Waals surface area contributed by atoms with E-state index in [0.29, 0.717) is 11.3 Å². The summed E-state index contributed by atoms with van der Waals surface area (Å²) in [6.07, 6.45) is 3.72. The van der Waals surface area contributed by atoms with Gasteiger partial charge < -0.3 is 5.21 Å². The standard InChI is InChI=1S/C13H16N2O2/c1-11(12(2)16)14-15(17)10-6-9-13-7-4-3-5-8-13/h3-8,10-11H,9H2,1-2H3/b10-6+,15-14?. The van der Waals surface area contributed by atoms with Crippen LogP contribution in [0.2, 0.25) is 0 Å². The van der Waals surface area contributed by atoms with Crippen molar-refractivity contribution in [1.82, 2.24) is 0 Å². The summed E-state index contributed by atoms with van der Waals surface area (Å²) in [5, 5.41) is 14.9. The van der Waals surface area contributed by atoms with Gasteiger partial charge in [-0.2, -0.15) is 0 Å². The highest BCUT2D eigenvalue weighted by molar-refractivity contribution is 5.80. The summed E-state index contributed by atoms with van der Waals surface area (Å²) in [6.45, 7) is 3.01. The van der Waals surface area contributed by atoms with Crippen LogP contribution < -0.4 is 0 Å². The fourth-order valence-electron chi connectivity index (χ4n) is 1.18. The van der Waals surface area contributed by atoms with E-state index in [2.05, 4.69) is 5.11 Å². The number of Topliss-reactive ketones (excluding diaryl/α,β-unsaturated/α-hetero) is 1. The first-order chi connectivity index (χ1) is 8.09. The summed E-state index contributed by atoms with van der Waals surface area (Å²) in [7, 11) is 0. The molecular formula is C13H16N2O2. The van der Waals surface area contributed by atoms with Crippen molar-refractivity contribution in [3.8, 4) is 0 Å². The molecule has 0 N–H and O–H groups in total. The Hall–Kier alpha value is -1.97. The normalized spacial score (nSPS) is 13.9. The van der Waals surface area contributed by atoms with E-state index in [0.717, 1.165) is 5.56 Å². The molecule has 0 aromatic heterocycles. The van der Waals surface area contributed by atoms with Gasteiger partial charge >= 0.3 is 0 Å². The Balaban J connectivity index is 2.52. The number of carbonyl (C=O) groups is 1. The van der Waals surface area contributed by atoms with Gasteiger partial charge in [0.1, 0.15) is 0 Å². The molecule has 0 fully saturated rings. The Bertz CT molecular complexity index is 424. The van der Waals surface area contributed by atoms with Gasteiger partial charge in [0.05, 0.1) is 0 Å². The highest BCUT2D eigenvalue weighted by atomic mass is 16.5. The maximum atomic E-state index is 11.3. The summed E-state index contributed by atoms with van der Waals surface area (Å²) in [5.41, 5.74) is 1.12. The Kier molecular flexibility index (Phi) is 5.07. The number of hydroxylamine groups is 1. The number of allylic oxidation sites excluding steroid dienone is 1. The zero-order valence-corrected chi connectivity index (χ0v) is 10.0. The Morgan fingerprint density at radius 1 is 1.47 bits per heavy atom. The van der Waals surface area contributed by atoms with Crippen LogP contribution in [-0.4, -0.2) is 16.7 Å². The highest BCUT2D eigenvalue weighted by Crippen LogP contribution is 2.00. The van der Waals surface area contributed by atoms with E-state index in [9.17, 15) is 10.0 Å². The van der Waals surface area contributed by atoms with Crippen LogP contribution in [0.5, 0.6) is 0 Å². The van der Waals surface area contributed by atoms with Crippen LogP contribution in [0.3, 0.4) is 0 Å². The molecule has 1 aromatic rings. The summed E-state index contributed by atoms with van der Waals surface area (Å²) >= 11 is 0. The van der Waals surface area contributed by atoms with Gasteiger partial charge in [0, 0.05) is 0 Å². The lowest BCUT2D eigenvalue weighted by molar-refractivity contribution is -0.461. The topological polar surface area (TPSA) is 55.5 Å². The van der Waals surface area contributed by atoms with Gasteiger partial charge in [0.2, 0.25) is 6.20 Å². The van der Waals surface area contributed by atoms with Gasteiger partial charge in [-0.15, -0.1) is 0 Å². The van der Waals surface area contributed by atoms with Gasteiger partial charge in [-0.1, -0.05) is 35.2 Å². The second-order valence-electron chi connectivity index (χ2n) is 3.78. The van der Waals surface area contributed by atoms with Crippen molar-refractivity contribution in [1.29, 1.82) is 0 Å². The molecule has 0 saturated heterocycles. The minimum absolute atomic E-state index is 0.123. The lowest BCUT2D eigenvalue weighted by atomic mass is 10.1. The first-order valence-electron chi connectivity index (χ1n) is 5.47. The van der Waals surface area contributed by atoms with Gasteiger partial charge in [0.15, 0.2) is 11.8 Å². The van der Waals surface area contributed by atoms with E-state index in [-0.39, 0.29) is 5.78 Å². The van der Waals surface area contributed by atoms with E-state index in [1.807, 2.05) is 30.3 Å². The molecule has 4 heteroatoms. The Morgan fingerprint density at radius 3 is 2.71 bits per heavy atom. The quantitative estimate of drug-likeness (QED) is 0.445. The van der Waals surface area contributed by atoms with Crippen molar-refractivity contribution >= 4 is 5.78 Å². The monoisotopic (exact) mass is 232 g/mol. The number of hydrogen-bond donors (Lipinski definition) is 0. The van der Waals surface area contributed by atoms with E-state index >= 15 is 0 Å². The van der Waals surface area contributed by atoms with Crippen LogP contribution in [0.25, 0.3) is 0 Å². The Labute approximate surface area is 101 Å². The lowest BCUT2D eigenvalue weighted by Crippen LogP contribution is -2.12. The molecule has 0 spiro atoms. The number of azo groups is 1. The first-order valence-corrected chi connectivity index (χ1v) is 5.47. The molecule has 90 valence electrons. The molecular weight excluding hydrogens is 216 g/mol. The van der Waals surface area contributed by atoms with Gasteiger partial charge in [-0.3, -0.25) is 4.79 Å². The average molecular weight is 232 g/mol. The van der Waals surface area contributed by atoms with E-state index in [1.54, 1.807) is 13.0 Å². The number of rotatable bonds is 5. The van der Waals surface area contributed by atoms with Crippen LogP contribution in [0.15, 0.2) is 47.7 Å². The lowest BCUT2D eigenvalue weighted by Gasteiger charge is -1.98. The third-order valence-electron chi connectivity index (χ3n) is 2.30. The van der Waals surface area contributed by atoms with Crippen molar-refractivity contribution in [3.05, 3.63) is 53.4 Å². The maximum Gasteiger partial charge on any atom is 0.205 e. The minimum atomic E-state index is -0.589. The van der Waals surface area contributed by atoms with Crippen molar-refractivity contribution < 1.29 is 9.66 Å². The van der Waals surface area contributed by atoms with Crippen molar-refractivity contribution in [2.45, 2.75) is 26.3 Å². The molecule has 0 radical (unpaired) electrons. The molecule has 0 saturated carbocycles. The van der Waals surface area contributed by atoms with Crippen LogP contribution in [0, 0.1) is 5.21 Å². The van der Waals surface area contributed by atoms with Crippen molar-refractivity contribution in [2.75, 3.05) is 0 Å². The molecule has 1 unspecified atom stereocenters. The number of hydrogen-bond acceptors (Lipinski definition) is 3. The van der Waals surface area contributed by atoms with Crippen molar-refractivity contribution in [3.63, 3.8) is 0 Å². The number of carbonyl (C=O) groups excluding carboxylic acids is 1. The molecule has 1 rings (SSSR count). The summed E-state index contributed by atoms with van der Waals surface area (Å²) in [5.74, 6) is -0.123.